The molecule has 1 heterocycles. The summed E-state index contributed by atoms with van der Waals surface area (Å²) < 4.78 is 0. The monoisotopic (exact) mass is 196 g/mol. The van der Waals surface area contributed by atoms with Crippen molar-refractivity contribution in [3.05, 3.63) is 0 Å². The Morgan fingerprint density at radius 2 is 1.79 bits per heavy atom. The zero-order valence-corrected chi connectivity index (χ0v) is 9.90. The first-order chi connectivity index (χ1) is 6.55. The van der Waals surface area contributed by atoms with Crippen molar-refractivity contribution in [2.45, 2.75) is 57.5 Å². The van der Waals surface area contributed by atoms with Crippen LogP contribution in [0, 0.1) is 0 Å². The molecule has 0 aromatic rings. The molecule has 2 rings (SSSR count). The molecule has 0 aromatic carbocycles. The lowest BCUT2D eigenvalue weighted by molar-refractivity contribution is 0.0662. The van der Waals surface area contributed by atoms with Crippen LogP contribution < -0.4 is 5.32 Å². The van der Waals surface area contributed by atoms with Crippen LogP contribution in [0.25, 0.3) is 0 Å². The van der Waals surface area contributed by atoms with E-state index in [0.717, 1.165) is 0 Å². The highest BCUT2D eigenvalue weighted by molar-refractivity contribution is 5.04. The summed E-state index contributed by atoms with van der Waals surface area (Å²) >= 11 is 0. The van der Waals surface area contributed by atoms with E-state index in [2.05, 4.69) is 31.0 Å². The molecular formula is C12H24N2. The summed E-state index contributed by atoms with van der Waals surface area (Å²) in [7, 11) is 0. The Morgan fingerprint density at radius 1 is 1.14 bits per heavy atom. The number of likely N-dealkylation sites (N-methyl/N-ethyl adjacent to an activating group) is 1. The predicted molar refractivity (Wildman–Crippen MR) is 60.5 cm³/mol. The molecule has 1 aliphatic heterocycles. The third-order valence-corrected chi connectivity index (χ3v) is 3.76. The molecule has 2 nitrogen and oxygen atoms in total. The predicted octanol–water partition coefficient (Wildman–Crippen LogP) is 2.00. The molecule has 2 heteroatoms. The zero-order chi connectivity index (χ0) is 10.2. The largest absolute Gasteiger partial charge is 0.304 e. The van der Waals surface area contributed by atoms with Gasteiger partial charge in [-0.05, 0) is 33.2 Å². The van der Waals surface area contributed by atoms with Crippen LogP contribution in [0.5, 0.6) is 0 Å². The van der Waals surface area contributed by atoms with Gasteiger partial charge in [-0.25, -0.2) is 0 Å². The standard InChI is InChI=1S/C12H24N2/c1-4-14-9-11(2,3)13-12(10-14)7-5-6-8-12/h13H,4-10H2,1-3H3. The maximum Gasteiger partial charge on any atom is 0.0313 e. The Hall–Kier alpha value is -0.0800. The third-order valence-electron chi connectivity index (χ3n) is 3.76. The minimum atomic E-state index is 0.304. The van der Waals surface area contributed by atoms with Gasteiger partial charge >= 0.3 is 0 Å². The van der Waals surface area contributed by atoms with Gasteiger partial charge in [0.2, 0.25) is 0 Å². The maximum atomic E-state index is 3.89. The van der Waals surface area contributed by atoms with Gasteiger partial charge in [-0.1, -0.05) is 19.8 Å². The lowest BCUT2D eigenvalue weighted by Gasteiger charge is -2.49. The zero-order valence-electron chi connectivity index (χ0n) is 9.90. The highest BCUT2D eigenvalue weighted by atomic mass is 15.3. The molecule has 2 fully saturated rings. The molecule has 0 amide bonds. The third kappa shape index (κ3) is 1.96. The van der Waals surface area contributed by atoms with Gasteiger partial charge in [-0.15, -0.1) is 0 Å². The average Bonchev–Trinajstić information content (AvgIpc) is 2.49. The van der Waals surface area contributed by atoms with Gasteiger partial charge in [0.05, 0.1) is 0 Å². The van der Waals surface area contributed by atoms with E-state index in [1.165, 1.54) is 45.3 Å². The Morgan fingerprint density at radius 3 is 2.36 bits per heavy atom. The first-order valence-corrected chi connectivity index (χ1v) is 6.07. The number of rotatable bonds is 1. The highest BCUT2D eigenvalue weighted by Gasteiger charge is 2.43. The molecular weight excluding hydrogens is 172 g/mol. The van der Waals surface area contributed by atoms with Crippen molar-refractivity contribution in [1.29, 1.82) is 0 Å². The highest BCUT2D eigenvalue weighted by Crippen LogP contribution is 2.35. The molecule has 0 atom stereocenters. The normalized spacial score (nSPS) is 31.1. The molecule has 1 saturated carbocycles. The van der Waals surface area contributed by atoms with Gasteiger partial charge in [0, 0.05) is 24.2 Å². The lowest BCUT2D eigenvalue weighted by Crippen LogP contribution is -2.67. The van der Waals surface area contributed by atoms with Crippen LogP contribution in [0.1, 0.15) is 46.5 Å². The fourth-order valence-corrected chi connectivity index (χ4v) is 3.40. The first-order valence-electron chi connectivity index (χ1n) is 6.07. The molecule has 2 aliphatic rings. The second-order valence-electron chi connectivity index (χ2n) is 5.80. The van der Waals surface area contributed by atoms with Gasteiger partial charge in [0.25, 0.3) is 0 Å². The molecule has 0 aromatic heterocycles. The van der Waals surface area contributed by atoms with Crippen molar-refractivity contribution in [3.8, 4) is 0 Å². The Kier molecular flexibility index (Phi) is 2.61. The van der Waals surface area contributed by atoms with E-state index >= 15 is 0 Å². The van der Waals surface area contributed by atoms with E-state index in [0.29, 0.717) is 11.1 Å². The van der Waals surface area contributed by atoms with Crippen molar-refractivity contribution in [3.63, 3.8) is 0 Å². The summed E-state index contributed by atoms with van der Waals surface area (Å²) in [6, 6.07) is 0. The Labute approximate surface area is 88.1 Å². The summed E-state index contributed by atoms with van der Waals surface area (Å²) in [5.74, 6) is 0. The van der Waals surface area contributed by atoms with Gasteiger partial charge in [-0.2, -0.15) is 0 Å². The van der Waals surface area contributed by atoms with Gasteiger partial charge in [0.1, 0.15) is 0 Å². The summed E-state index contributed by atoms with van der Waals surface area (Å²) in [5, 5.41) is 3.89. The molecule has 14 heavy (non-hydrogen) atoms. The molecule has 1 N–H and O–H groups in total. The van der Waals surface area contributed by atoms with E-state index in [1.54, 1.807) is 0 Å². The second-order valence-corrected chi connectivity index (χ2v) is 5.80. The van der Waals surface area contributed by atoms with Crippen LogP contribution in [0.4, 0.5) is 0 Å². The van der Waals surface area contributed by atoms with Crippen LogP contribution in [-0.2, 0) is 0 Å². The van der Waals surface area contributed by atoms with Crippen LogP contribution in [0.15, 0.2) is 0 Å². The number of hydrogen-bond acceptors (Lipinski definition) is 2. The molecule has 0 radical (unpaired) electrons. The van der Waals surface area contributed by atoms with E-state index in [-0.39, 0.29) is 0 Å². The molecule has 1 spiro atoms. The SMILES string of the molecule is CCN1CC(C)(C)NC2(CCCC2)C1. The van der Waals surface area contributed by atoms with Crippen molar-refractivity contribution < 1.29 is 0 Å². The van der Waals surface area contributed by atoms with Gasteiger partial charge in [0.15, 0.2) is 0 Å². The minimum absolute atomic E-state index is 0.304. The number of nitrogens with zero attached hydrogens (tertiary/aromatic N) is 1. The molecule has 1 aliphatic carbocycles. The van der Waals surface area contributed by atoms with Crippen LogP contribution in [0.3, 0.4) is 0 Å². The van der Waals surface area contributed by atoms with Crippen molar-refractivity contribution in [2.24, 2.45) is 0 Å². The van der Waals surface area contributed by atoms with Gasteiger partial charge in [-0.3, -0.25) is 4.90 Å². The van der Waals surface area contributed by atoms with Crippen LogP contribution >= 0.6 is 0 Å². The summed E-state index contributed by atoms with van der Waals surface area (Å²) in [4.78, 5) is 2.61. The maximum absolute atomic E-state index is 3.89. The first kappa shape index (κ1) is 10.4. The lowest BCUT2D eigenvalue weighted by atomic mass is 9.87. The topological polar surface area (TPSA) is 15.3 Å². The van der Waals surface area contributed by atoms with E-state index < -0.39 is 0 Å². The molecule has 82 valence electrons. The number of nitrogens with one attached hydrogen (secondary N) is 1. The van der Waals surface area contributed by atoms with E-state index in [9.17, 15) is 0 Å². The van der Waals surface area contributed by atoms with Crippen molar-refractivity contribution in [1.82, 2.24) is 10.2 Å². The Bertz CT molecular complexity index is 204. The summed E-state index contributed by atoms with van der Waals surface area (Å²) in [6.45, 7) is 10.6. The minimum Gasteiger partial charge on any atom is -0.304 e. The Balaban J connectivity index is 2.11. The number of piperazine rings is 1. The van der Waals surface area contributed by atoms with E-state index in [1.807, 2.05) is 0 Å². The summed E-state index contributed by atoms with van der Waals surface area (Å²) in [5.41, 5.74) is 0.760. The second kappa shape index (κ2) is 3.49. The fraction of sp³-hybridized carbons (Fsp3) is 1.00. The van der Waals surface area contributed by atoms with Crippen LogP contribution in [0.2, 0.25) is 0 Å². The summed E-state index contributed by atoms with van der Waals surface area (Å²) in [6.07, 6.45) is 5.60. The van der Waals surface area contributed by atoms with Crippen LogP contribution in [-0.4, -0.2) is 35.6 Å². The molecule has 1 saturated heterocycles. The quantitative estimate of drug-likeness (QED) is 0.690. The van der Waals surface area contributed by atoms with Gasteiger partial charge < -0.3 is 5.32 Å². The van der Waals surface area contributed by atoms with Crippen molar-refractivity contribution in [2.75, 3.05) is 19.6 Å². The smallest absolute Gasteiger partial charge is 0.0313 e. The van der Waals surface area contributed by atoms with Crippen molar-refractivity contribution >= 4 is 0 Å². The molecule has 0 bridgehead atoms. The molecule has 0 unspecified atom stereocenters. The fourth-order valence-electron chi connectivity index (χ4n) is 3.40. The van der Waals surface area contributed by atoms with E-state index in [4.69, 9.17) is 0 Å². The average molecular weight is 196 g/mol. The number of hydrogen-bond donors (Lipinski definition) is 1.